The predicted molar refractivity (Wildman–Crippen MR) is 88.8 cm³/mol. The van der Waals surface area contributed by atoms with Crippen LogP contribution >= 0.6 is 22.9 Å². The summed E-state index contributed by atoms with van der Waals surface area (Å²) in [5.41, 5.74) is 0. The lowest BCUT2D eigenvalue weighted by Gasteiger charge is -2.34. The molecule has 120 valence electrons. The SMILES string of the molecule is CC(C)CN1CCN(S(=O)(=O)c2ccc(CCCl)s2)CC1. The van der Waals surface area contributed by atoms with E-state index in [1.165, 1.54) is 11.3 Å². The Morgan fingerprint density at radius 1 is 1.24 bits per heavy atom. The Morgan fingerprint density at radius 2 is 1.90 bits per heavy atom. The average molecular weight is 351 g/mol. The van der Waals surface area contributed by atoms with Gasteiger partial charge in [0.15, 0.2) is 0 Å². The van der Waals surface area contributed by atoms with E-state index in [0.29, 0.717) is 29.1 Å². The topological polar surface area (TPSA) is 40.6 Å². The molecule has 7 heteroatoms. The molecule has 0 unspecified atom stereocenters. The second-order valence-corrected chi connectivity index (χ2v) is 9.47. The first-order chi connectivity index (χ1) is 9.93. The van der Waals surface area contributed by atoms with Gasteiger partial charge < -0.3 is 4.90 Å². The van der Waals surface area contributed by atoms with Gasteiger partial charge in [0.1, 0.15) is 4.21 Å². The molecule has 0 spiro atoms. The molecular weight excluding hydrogens is 328 g/mol. The van der Waals surface area contributed by atoms with Gasteiger partial charge in [0.05, 0.1) is 0 Å². The van der Waals surface area contributed by atoms with Gasteiger partial charge >= 0.3 is 0 Å². The third-order valence-corrected chi connectivity index (χ3v) is 7.23. The highest BCUT2D eigenvalue weighted by atomic mass is 35.5. The Morgan fingerprint density at radius 3 is 2.48 bits per heavy atom. The van der Waals surface area contributed by atoms with Gasteiger partial charge in [0, 0.05) is 43.5 Å². The van der Waals surface area contributed by atoms with E-state index < -0.39 is 10.0 Å². The van der Waals surface area contributed by atoms with Crippen LogP contribution in [0, 0.1) is 5.92 Å². The van der Waals surface area contributed by atoms with Crippen LogP contribution in [0.15, 0.2) is 16.3 Å². The van der Waals surface area contributed by atoms with Crippen molar-refractivity contribution in [3.63, 3.8) is 0 Å². The first-order valence-corrected chi connectivity index (χ1v) is 10.1. The van der Waals surface area contributed by atoms with Crippen molar-refractivity contribution in [2.75, 3.05) is 38.6 Å². The molecule has 0 aliphatic carbocycles. The van der Waals surface area contributed by atoms with Crippen LogP contribution in [0.5, 0.6) is 0 Å². The number of sulfonamides is 1. The molecule has 4 nitrogen and oxygen atoms in total. The van der Waals surface area contributed by atoms with E-state index in [4.69, 9.17) is 11.6 Å². The monoisotopic (exact) mass is 350 g/mol. The molecule has 0 saturated carbocycles. The van der Waals surface area contributed by atoms with E-state index in [1.54, 1.807) is 10.4 Å². The van der Waals surface area contributed by atoms with Crippen molar-refractivity contribution >= 4 is 33.0 Å². The smallest absolute Gasteiger partial charge is 0.252 e. The lowest BCUT2D eigenvalue weighted by Crippen LogP contribution is -2.49. The van der Waals surface area contributed by atoms with E-state index in [-0.39, 0.29) is 0 Å². The van der Waals surface area contributed by atoms with Crippen LogP contribution in [0.2, 0.25) is 0 Å². The molecule has 0 amide bonds. The van der Waals surface area contributed by atoms with E-state index >= 15 is 0 Å². The number of nitrogens with zero attached hydrogens (tertiary/aromatic N) is 2. The zero-order chi connectivity index (χ0) is 15.5. The van der Waals surface area contributed by atoms with Crippen molar-refractivity contribution in [3.05, 3.63) is 17.0 Å². The summed E-state index contributed by atoms with van der Waals surface area (Å²) in [6, 6.07) is 3.58. The largest absolute Gasteiger partial charge is 0.300 e. The fourth-order valence-corrected chi connectivity index (χ4v) is 5.77. The Bertz CT molecular complexity index is 549. The number of thiophene rings is 1. The van der Waals surface area contributed by atoms with Gasteiger partial charge in [-0.15, -0.1) is 22.9 Å². The standard InChI is InChI=1S/C14H23ClN2O2S2/c1-12(2)11-16-7-9-17(10-8-16)21(18,19)14-4-3-13(20-14)5-6-15/h3-4,12H,5-11H2,1-2H3. The molecular formula is C14H23ClN2O2S2. The third kappa shape index (κ3) is 4.42. The quantitative estimate of drug-likeness (QED) is 0.740. The van der Waals surface area contributed by atoms with Crippen molar-refractivity contribution in [2.45, 2.75) is 24.5 Å². The molecule has 21 heavy (non-hydrogen) atoms. The Balaban J connectivity index is 2.00. The minimum Gasteiger partial charge on any atom is -0.300 e. The van der Waals surface area contributed by atoms with Gasteiger partial charge in [0.25, 0.3) is 10.0 Å². The molecule has 1 saturated heterocycles. The van der Waals surface area contributed by atoms with Gasteiger partial charge in [-0.05, 0) is 24.5 Å². The highest BCUT2D eigenvalue weighted by Gasteiger charge is 2.29. The highest BCUT2D eigenvalue weighted by Crippen LogP contribution is 2.26. The third-order valence-electron chi connectivity index (χ3n) is 3.53. The normalized spacial score (nSPS) is 18.5. The summed E-state index contributed by atoms with van der Waals surface area (Å²) in [6.45, 7) is 8.21. The molecule has 0 aromatic carbocycles. The summed E-state index contributed by atoms with van der Waals surface area (Å²) in [5, 5.41) is 0. The lowest BCUT2D eigenvalue weighted by molar-refractivity contribution is 0.172. The van der Waals surface area contributed by atoms with Crippen LogP contribution < -0.4 is 0 Å². The first kappa shape index (κ1) is 17.2. The number of aryl methyl sites for hydroxylation is 1. The van der Waals surface area contributed by atoms with E-state index in [0.717, 1.165) is 30.9 Å². The molecule has 1 aliphatic heterocycles. The summed E-state index contributed by atoms with van der Waals surface area (Å²) in [7, 11) is -3.33. The Kier molecular flexibility index (Phi) is 6.08. The predicted octanol–water partition coefficient (Wildman–Crippen LogP) is 2.49. The second kappa shape index (κ2) is 7.42. The van der Waals surface area contributed by atoms with Crippen molar-refractivity contribution < 1.29 is 8.42 Å². The number of hydrogen-bond acceptors (Lipinski definition) is 4. The van der Waals surface area contributed by atoms with Crippen LogP contribution in [0.3, 0.4) is 0 Å². The molecule has 0 N–H and O–H groups in total. The zero-order valence-corrected chi connectivity index (χ0v) is 15.0. The second-order valence-electron chi connectivity index (χ2n) is 5.76. The minimum atomic E-state index is -3.33. The van der Waals surface area contributed by atoms with Crippen LogP contribution in [0.1, 0.15) is 18.7 Å². The lowest BCUT2D eigenvalue weighted by atomic mass is 10.2. The first-order valence-electron chi connectivity index (χ1n) is 7.30. The van der Waals surface area contributed by atoms with Crippen molar-refractivity contribution in [1.82, 2.24) is 9.21 Å². The maximum Gasteiger partial charge on any atom is 0.252 e. The minimum absolute atomic E-state index is 0.444. The molecule has 1 aromatic rings. The van der Waals surface area contributed by atoms with Gasteiger partial charge in [0.2, 0.25) is 0 Å². The van der Waals surface area contributed by atoms with Crippen molar-refractivity contribution in [3.8, 4) is 0 Å². The van der Waals surface area contributed by atoms with Crippen molar-refractivity contribution in [1.29, 1.82) is 0 Å². The van der Waals surface area contributed by atoms with Crippen molar-refractivity contribution in [2.24, 2.45) is 5.92 Å². The summed E-state index contributed by atoms with van der Waals surface area (Å²) >= 11 is 7.05. The number of halogens is 1. The van der Waals surface area contributed by atoms with Gasteiger partial charge in [-0.3, -0.25) is 0 Å². The maximum atomic E-state index is 12.6. The molecule has 0 bridgehead atoms. The Hall–Kier alpha value is -0.140. The summed E-state index contributed by atoms with van der Waals surface area (Å²) in [6.07, 6.45) is 0.726. The van der Waals surface area contributed by atoms with E-state index in [9.17, 15) is 8.42 Å². The van der Waals surface area contributed by atoms with Crippen LogP contribution in [0.25, 0.3) is 0 Å². The number of rotatable bonds is 6. The molecule has 1 aromatic heterocycles. The highest BCUT2D eigenvalue weighted by molar-refractivity contribution is 7.91. The zero-order valence-electron chi connectivity index (χ0n) is 12.6. The molecule has 0 atom stereocenters. The van der Waals surface area contributed by atoms with Crippen LogP contribution in [-0.2, 0) is 16.4 Å². The van der Waals surface area contributed by atoms with Gasteiger partial charge in [-0.2, -0.15) is 4.31 Å². The molecule has 1 fully saturated rings. The molecule has 2 heterocycles. The number of piperazine rings is 1. The number of alkyl halides is 1. The number of hydrogen-bond donors (Lipinski definition) is 0. The van der Waals surface area contributed by atoms with Crippen LogP contribution in [0.4, 0.5) is 0 Å². The van der Waals surface area contributed by atoms with Gasteiger partial charge in [-0.25, -0.2) is 8.42 Å². The fourth-order valence-electron chi connectivity index (χ4n) is 2.52. The Labute approximate surface area is 136 Å². The summed E-state index contributed by atoms with van der Waals surface area (Å²) in [5.74, 6) is 1.14. The van der Waals surface area contributed by atoms with Gasteiger partial charge in [-0.1, -0.05) is 13.8 Å². The molecule has 2 rings (SSSR count). The summed E-state index contributed by atoms with van der Waals surface area (Å²) in [4.78, 5) is 3.37. The fraction of sp³-hybridized carbons (Fsp3) is 0.714. The maximum absolute atomic E-state index is 12.6. The molecule has 0 radical (unpaired) electrons. The average Bonchev–Trinajstić information content (AvgIpc) is 2.88. The van der Waals surface area contributed by atoms with E-state index in [2.05, 4.69) is 18.7 Å². The molecule has 1 aliphatic rings. The summed E-state index contributed by atoms with van der Waals surface area (Å²) < 4.78 is 27.3. The van der Waals surface area contributed by atoms with E-state index in [1.807, 2.05) is 6.07 Å². The van der Waals surface area contributed by atoms with Crippen LogP contribution in [-0.4, -0.2) is 56.2 Å².